The van der Waals surface area contributed by atoms with Crippen molar-refractivity contribution in [1.82, 2.24) is 5.32 Å². The Balaban J connectivity index is 1.95. The van der Waals surface area contributed by atoms with E-state index in [1.807, 2.05) is 0 Å². The molecule has 9 heteroatoms. The molecule has 1 aliphatic heterocycles. The molecule has 1 fully saturated rings. The van der Waals surface area contributed by atoms with Gasteiger partial charge in [0.2, 0.25) is 5.12 Å². The molecule has 1 aliphatic rings. The number of nitrogens with one attached hydrogen (secondary N) is 1. The first-order valence-corrected chi connectivity index (χ1v) is 7.36. The maximum absolute atomic E-state index is 11.7. The third-order valence-electron chi connectivity index (χ3n) is 2.75. The van der Waals surface area contributed by atoms with Crippen LogP contribution in [-0.4, -0.2) is 34.3 Å². The molecule has 0 unspecified atom stereocenters. The highest BCUT2D eigenvalue weighted by molar-refractivity contribution is 8.14. The number of halogens is 1. The highest BCUT2D eigenvalue weighted by Gasteiger charge is 2.27. The molecule has 7 nitrogen and oxygen atoms in total. The Morgan fingerprint density at radius 1 is 1.57 bits per heavy atom. The fraction of sp³-hybridized carbons (Fsp3) is 0.333. The molecule has 1 atom stereocenters. The normalized spacial score (nSPS) is 17.6. The van der Waals surface area contributed by atoms with Crippen LogP contribution in [0.2, 0.25) is 5.02 Å². The number of hydrogen-bond donors (Lipinski definition) is 1. The van der Waals surface area contributed by atoms with E-state index in [4.69, 9.17) is 16.3 Å². The first-order valence-electron chi connectivity index (χ1n) is 6.00. The van der Waals surface area contributed by atoms with Gasteiger partial charge in [0.05, 0.1) is 11.0 Å². The predicted molar refractivity (Wildman–Crippen MR) is 77.6 cm³/mol. The van der Waals surface area contributed by atoms with Crippen molar-refractivity contribution in [3.05, 3.63) is 33.3 Å². The molecule has 0 bridgehead atoms. The van der Waals surface area contributed by atoms with Gasteiger partial charge in [-0.25, -0.2) is 0 Å². The molecule has 1 aromatic carbocycles. The topological polar surface area (TPSA) is 98.5 Å². The highest BCUT2D eigenvalue weighted by Crippen LogP contribution is 2.29. The van der Waals surface area contributed by atoms with E-state index in [9.17, 15) is 19.7 Å². The Kier molecular flexibility index (Phi) is 5.03. The van der Waals surface area contributed by atoms with Gasteiger partial charge in [-0.3, -0.25) is 19.7 Å². The van der Waals surface area contributed by atoms with E-state index in [1.54, 1.807) is 0 Å². The Morgan fingerprint density at radius 3 is 2.95 bits per heavy atom. The van der Waals surface area contributed by atoms with Crippen LogP contribution in [0.15, 0.2) is 18.2 Å². The fourth-order valence-corrected chi connectivity index (χ4v) is 2.86. The van der Waals surface area contributed by atoms with Crippen LogP contribution in [-0.2, 0) is 9.59 Å². The lowest BCUT2D eigenvalue weighted by atomic mass is 10.2. The molecule has 1 aromatic rings. The molecule has 1 heterocycles. The average molecular weight is 331 g/mol. The summed E-state index contributed by atoms with van der Waals surface area (Å²) in [5.41, 5.74) is -0.317. The van der Waals surface area contributed by atoms with E-state index < -0.39 is 23.5 Å². The summed E-state index contributed by atoms with van der Waals surface area (Å²) in [5.74, 6) is 0.125. The Hall–Kier alpha value is -1.80. The lowest BCUT2D eigenvalue weighted by Gasteiger charge is -2.11. The monoisotopic (exact) mass is 330 g/mol. The Morgan fingerprint density at radius 2 is 2.33 bits per heavy atom. The van der Waals surface area contributed by atoms with Gasteiger partial charge in [0.25, 0.3) is 5.91 Å². The number of amides is 1. The van der Waals surface area contributed by atoms with Crippen molar-refractivity contribution in [3.8, 4) is 5.75 Å². The van der Waals surface area contributed by atoms with E-state index in [0.717, 1.165) is 6.07 Å². The lowest BCUT2D eigenvalue weighted by Crippen LogP contribution is -2.39. The van der Waals surface area contributed by atoms with Gasteiger partial charge in [0.1, 0.15) is 0 Å². The van der Waals surface area contributed by atoms with Crippen molar-refractivity contribution in [1.29, 1.82) is 0 Å². The molecular formula is C12H11ClN2O5S. The van der Waals surface area contributed by atoms with Crippen molar-refractivity contribution >= 4 is 40.1 Å². The average Bonchev–Trinajstić information content (AvgIpc) is 2.82. The fourth-order valence-electron chi connectivity index (χ4n) is 1.76. The second kappa shape index (κ2) is 6.77. The number of carbonyl (C=O) groups excluding carboxylic acids is 2. The summed E-state index contributed by atoms with van der Waals surface area (Å²) in [4.78, 5) is 33.3. The van der Waals surface area contributed by atoms with E-state index in [-0.39, 0.29) is 21.6 Å². The zero-order valence-corrected chi connectivity index (χ0v) is 12.3. The number of nitrogens with zero attached hydrogens (tertiary/aromatic N) is 1. The number of benzene rings is 1. The second-order valence-corrected chi connectivity index (χ2v) is 5.77. The number of hydrogen-bond acceptors (Lipinski definition) is 6. The number of nitro benzene ring substituents is 1. The van der Waals surface area contributed by atoms with Crippen molar-refractivity contribution in [3.63, 3.8) is 0 Å². The summed E-state index contributed by atoms with van der Waals surface area (Å²) in [6.07, 6.45) is 0.580. The van der Waals surface area contributed by atoms with Crippen molar-refractivity contribution in [2.75, 3.05) is 12.4 Å². The number of carbonyl (C=O) groups is 2. The van der Waals surface area contributed by atoms with Gasteiger partial charge in [-0.2, -0.15) is 0 Å². The molecule has 112 valence electrons. The lowest BCUT2D eigenvalue weighted by molar-refractivity contribution is -0.385. The standard InChI is InChI=1S/C12H11ClN2O5S/c13-7-1-2-10(9(5-7)15(18)19)20-6-11(16)14-8-3-4-21-12(8)17/h1-2,5,8H,3-4,6H2,(H,14,16)/t8-/m1/s1. The molecule has 21 heavy (non-hydrogen) atoms. The van der Waals surface area contributed by atoms with Crippen LogP contribution in [0.1, 0.15) is 6.42 Å². The molecule has 1 saturated heterocycles. The molecule has 0 aromatic heterocycles. The van der Waals surface area contributed by atoms with Crippen LogP contribution >= 0.6 is 23.4 Å². The minimum absolute atomic E-state index is 0.0494. The first kappa shape index (κ1) is 15.6. The largest absolute Gasteiger partial charge is 0.477 e. The van der Waals surface area contributed by atoms with Gasteiger partial charge < -0.3 is 10.1 Å². The summed E-state index contributed by atoms with van der Waals surface area (Å²) < 4.78 is 5.13. The molecule has 2 rings (SSSR count). The maximum Gasteiger partial charge on any atom is 0.312 e. The molecule has 1 N–H and O–H groups in total. The minimum atomic E-state index is -0.643. The SMILES string of the molecule is O=C(COc1ccc(Cl)cc1[N+](=O)[O-])N[C@@H]1CCSC1=O. The van der Waals surface area contributed by atoms with Crippen LogP contribution in [0.25, 0.3) is 0 Å². The molecule has 0 saturated carbocycles. The number of nitro groups is 1. The van der Waals surface area contributed by atoms with E-state index in [1.165, 1.54) is 23.9 Å². The van der Waals surface area contributed by atoms with Crippen LogP contribution in [0.4, 0.5) is 5.69 Å². The Labute approximate surface area is 129 Å². The summed E-state index contributed by atoms with van der Waals surface area (Å²) in [5, 5.41) is 13.5. The highest BCUT2D eigenvalue weighted by atomic mass is 35.5. The van der Waals surface area contributed by atoms with Gasteiger partial charge in [0, 0.05) is 16.8 Å². The van der Waals surface area contributed by atoms with Gasteiger partial charge in [-0.1, -0.05) is 23.4 Å². The summed E-state index contributed by atoms with van der Waals surface area (Å²) in [6, 6.07) is 3.39. The molecule has 0 radical (unpaired) electrons. The zero-order valence-electron chi connectivity index (χ0n) is 10.7. The van der Waals surface area contributed by atoms with Crippen molar-refractivity contribution < 1.29 is 19.2 Å². The van der Waals surface area contributed by atoms with Crippen LogP contribution in [0.3, 0.4) is 0 Å². The van der Waals surface area contributed by atoms with E-state index >= 15 is 0 Å². The first-order chi connectivity index (χ1) is 9.97. The summed E-state index contributed by atoms with van der Waals surface area (Å²) >= 11 is 6.85. The maximum atomic E-state index is 11.7. The van der Waals surface area contributed by atoms with Gasteiger partial charge in [-0.05, 0) is 18.6 Å². The number of thioether (sulfide) groups is 1. The molecule has 1 amide bonds. The summed E-state index contributed by atoms with van der Waals surface area (Å²) in [6.45, 7) is -0.406. The van der Waals surface area contributed by atoms with E-state index in [0.29, 0.717) is 12.2 Å². The molecule has 0 spiro atoms. The minimum Gasteiger partial charge on any atom is -0.477 e. The predicted octanol–water partition coefficient (Wildman–Crippen LogP) is 1.78. The third kappa shape index (κ3) is 4.08. The zero-order chi connectivity index (χ0) is 15.4. The smallest absolute Gasteiger partial charge is 0.312 e. The van der Waals surface area contributed by atoms with Crippen molar-refractivity contribution in [2.45, 2.75) is 12.5 Å². The van der Waals surface area contributed by atoms with Gasteiger partial charge in [-0.15, -0.1) is 0 Å². The number of ether oxygens (including phenoxy) is 1. The van der Waals surface area contributed by atoms with Crippen LogP contribution < -0.4 is 10.1 Å². The Bertz CT molecular complexity index is 595. The summed E-state index contributed by atoms with van der Waals surface area (Å²) in [7, 11) is 0. The van der Waals surface area contributed by atoms with Crippen LogP contribution in [0, 0.1) is 10.1 Å². The second-order valence-electron chi connectivity index (χ2n) is 4.23. The van der Waals surface area contributed by atoms with Crippen LogP contribution in [0.5, 0.6) is 5.75 Å². The quantitative estimate of drug-likeness (QED) is 0.652. The van der Waals surface area contributed by atoms with Crippen molar-refractivity contribution in [2.24, 2.45) is 0 Å². The molecular weight excluding hydrogens is 320 g/mol. The van der Waals surface area contributed by atoms with Gasteiger partial charge in [0.15, 0.2) is 12.4 Å². The van der Waals surface area contributed by atoms with Gasteiger partial charge >= 0.3 is 5.69 Å². The molecule has 0 aliphatic carbocycles. The number of rotatable bonds is 5. The van der Waals surface area contributed by atoms with E-state index in [2.05, 4.69) is 5.32 Å². The third-order valence-corrected chi connectivity index (χ3v) is 3.99.